The van der Waals surface area contributed by atoms with E-state index in [-0.39, 0.29) is 18.6 Å². The van der Waals surface area contributed by atoms with Crippen LogP contribution >= 0.6 is 11.6 Å². The minimum atomic E-state index is -3.21. The molecule has 0 unspecified atom stereocenters. The molecule has 3 aromatic rings. The normalized spacial score (nSPS) is 15.1. The maximum Gasteiger partial charge on any atom is 0.211 e. The van der Waals surface area contributed by atoms with Crippen LogP contribution in [0.4, 0.5) is 15.9 Å². The molecule has 1 saturated heterocycles. The third-order valence-corrected chi connectivity index (χ3v) is 6.94. The second-order valence-corrected chi connectivity index (χ2v) is 10.1. The van der Waals surface area contributed by atoms with Gasteiger partial charge in [0.25, 0.3) is 0 Å². The molecule has 0 amide bonds. The molecule has 0 aliphatic carbocycles. The Balaban J connectivity index is 0.00000324. The third kappa shape index (κ3) is 5.86. The fourth-order valence-corrected chi connectivity index (χ4v) is 4.75. The molecule has 1 aromatic heterocycles. The standard InChI is InChI=1S/C22H24ClFN4O4S.CH4/c1-3-31-20-12-19-16(11-21(20)32-15-6-8-28(9-7-15)33(2,29)30)22(26-13-25-19)27-14-4-5-18(24)17(23)10-14;/h4-5,10-13,15H,3,6-9H2,1-2H3,(H,25,26,27);1H4. The molecule has 1 aliphatic heterocycles. The monoisotopic (exact) mass is 510 g/mol. The Morgan fingerprint density at radius 1 is 1.18 bits per heavy atom. The van der Waals surface area contributed by atoms with Crippen LogP contribution in [0.2, 0.25) is 5.02 Å². The molecule has 11 heteroatoms. The number of rotatable bonds is 7. The van der Waals surface area contributed by atoms with E-state index >= 15 is 0 Å². The number of halogens is 2. The summed E-state index contributed by atoms with van der Waals surface area (Å²) in [6, 6.07) is 7.91. The number of nitrogens with one attached hydrogen (secondary N) is 1. The van der Waals surface area contributed by atoms with Crippen LogP contribution in [0.15, 0.2) is 36.7 Å². The van der Waals surface area contributed by atoms with E-state index in [0.29, 0.717) is 66.4 Å². The van der Waals surface area contributed by atoms with Crippen molar-refractivity contribution in [1.29, 1.82) is 0 Å². The van der Waals surface area contributed by atoms with Crippen molar-refractivity contribution in [1.82, 2.24) is 14.3 Å². The molecule has 0 bridgehead atoms. The minimum absolute atomic E-state index is 0. The first-order valence-electron chi connectivity index (χ1n) is 10.5. The van der Waals surface area contributed by atoms with Gasteiger partial charge in [0.15, 0.2) is 11.5 Å². The van der Waals surface area contributed by atoms with Crippen molar-refractivity contribution in [2.45, 2.75) is 33.3 Å². The minimum Gasteiger partial charge on any atom is -0.490 e. The van der Waals surface area contributed by atoms with E-state index in [2.05, 4.69) is 15.3 Å². The first-order valence-corrected chi connectivity index (χ1v) is 12.7. The summed E-state index contributed by atoms with van der Waals surface area (Å²) in [6.45, 7) is 3.13. The number of hydrogen-bond acceptors (Lipinski definition) is 7. The van der Waals surface area contributed by atoms with Gasteiger partial charge in [-0.05, 0) is 44.0 Å². The van der Waals surface area contributed by atoms with Crippen LogP contribution in [0, 0.1) is 5.82 Å². The number of fused-ring (bicyclic) bond motifs is 1. The molecule has 4 rings (SSSR count). The van der Waals surface area contributed by atoms with Crippen molar-refractivity contribution in [3.8, 4) is 11.5 Å². The Bertz CT molecular complexity index is 1270. The first-order chi connectivity index (χ1) is 15.7. The largest absolute Gasteiger partial charge is 0.490 e. The van der Waals surface area contributed by atoms with Crippen LogP contribution in [0.3, 0.4) is 0 Å². The Morgan fingerprint density at radius 2 is 1.91 bits per heavy atom. The number of nitrogens with zero attached hydrogens (tertiary/aromatic N) is 3. The van der Waals surface area contributed by atoms with Crippen molar-refractivity contribution >= 4 is 44.0 Å². The third-order valence-electron chi connectivity index (χ3n) is 5.35. The summed E-state index contributed by atoms with van der Waals surface area (Å²) in [5.41, 5.74) is 1.22. The van der Waals surface area contributed by atoms with Gasteiger partial charge in [0, 0.05) is 30.2 Å². The molecule has 2 heterocycles. The lowest BCUT2D eigenvalue weighted by Gasteiger charge is -2.31. The van der Waals surface area contributed by atoms with E-state index in [1.807, 2.05) is 6.92 Å². The molecule has 0 radical (unpaired) electrons. The lowest BCUT2D eigenvalue weighted by atomic mass is 10.1. The van der Waals surface area contributed by atoms with Crippen molar-refractivity contribution in [2.75, 3.05) is 31.3 Å². The van der Waals surface area contributed by atoms with Crippen LogP contribution in [-0.2, 0) is 10.0 Å². The van der Waals surface area contributed by atoms with E-state index in [0.717, 1.165) is 0 Å². The van der Waals surface area contributed by atoms with Gasteiger partial charge in [-0.15, -0.1) is 0 Å². The van der Waals surface area contributed by atoms with Crippen LogP contribution < -0.4 is 14.8 Å². The molecule has 0 saturated carbocycles. The number of benzene rings is 2. The van der Waals surface area contributed by atoms with Gasteiger partial charge >= 0.3 is 0 Å². The van der Waals surface area contributed by atoms with Gasteiger partial charge in [-0.25, -0.2) is 27.1 Å². The van der Waals surface area contributed by atoms with Gasteiger partial charge in [-0.1, -0.05) is 19.0 Å². The topological polar surface area (TPSA) is 93.7 Å². The van der Waals surface area contributed by atoms with E-state index in [1.54, 1.807) is 18.2 Å². The second kappa shape index (κ2) is 10.7. The predicted octanol–water partition coefficient (Wildman–Crippen LogP) is 5.00. The average Bonchev–Trinajstić information content (AvgIpc) is 2.77. The van der Waals surface area contributed by atoms with Gasteiger partial charge < -0.3 is 14.8 Å². The first kappa shape index (κ1) is 25.9. The highest BCUT2D eigenvalue weighted by Crippen LogP contribution is 2.36. The number of ether oxygens (including phenoxy) is 2. The van der Waals surface area contributed by atoms with Gasteiger partial charge in [0.1, 0.15) is 24.1 Å². The average molecular weight is 511 g/mol. The Hall–Kier alpha value is -2.69. The molecule has 0 atom stereocenters. The zero-order chi connectivity index (χ0) is 23.6. The Labute approximate surface area is 204 Å². The molecular weight excluding hydrogens is 483 g/mol. The van der Waals surface area contributed by atoms with Gasteiger partial charge in [0.2, 0.25) is 10.0 Å². The van der Waals surface area contributed by atoms with E-state index in [9.17, 15) is 12.8 Å². The van der Waals surface area contributed by atoms with Crippen LogP contribution in [0.5, 0.6) is 11.5 Å². The molecule has 8 nitrogen and oxygen atoms in total. The van der Waals surface area contributed by atoms with Gasteiger partial charge in [0.05, 0.1) is 23.4 Å². The molecular formula is C23H28ClFN4O4S. The smallest absolute Gasteiger partial charge is 0.211 e. The van der Waals surface area contributed by atoms with E-state index in [4.69, 9.17) is 21.1 Å². The zero-order valence-corrected chi connectivity index (χ0v) is 19.8. The summed E-state index contributed by atoms with van der Waals surface area (Å²) in [5, 5.41) is 3.83. The Morgan fingerprint density at radius 3 is 2.56 bits per heavy atom. The highest BCUT2D eigenvalue weighted by molar-refractivity contribution is 7.88. The van der Waals surface area contributed by atoms with Gasteiger partial charge in [-0.2, -0.15) is 0 Å². The summed E-state index contributed by atoms with van der Waals surface area (Å²) < 4.78 is 50.6. The molecule has 0 spiro atoms. The summed E-state index contributed by atoms with van der Waals surface area (Å²) in [4.78, 5) is 8.66. The quantitative estimate of drug-likeness (QED) is 0.477. The fraction of sp³-hybridized carbons (Fsp3) is 0.391. The van der Waals surface area contributed by atoms with Crippen LogP contribution in [-0.4, -0.2) is 54.7 Å². The zero-order valence-electron chi connectivity index (χ0n) is 18.2. The molecule has 1 fully saturated rings. The highest BCUT2D eigenvalue weighted by Gasteiger charge is 2.27. The maximum absolute atomic E-state index is 13.5. The van der Waals surface area contributed by atoms with Crippen molar-refractivity contribution in [2.24, 2.45) is 0 Å². The van der Waals surface area contributed by atoms with Gasteiger partial charge in [-0.3, -0.25) is 0 Å². The van der Waals surface area contributed by atoms with Crippen molar-refractivity contribution in [3.05, 3.63) is 47.5 Å². The summed E-state index contributed by atoms with van der Waals surface area (Å²) in [5.74, 6) is 1.07. The Kier molecular flexibility index (Phi) is 8.17. The maximum atomic E-state index is 13.5. The summed E-state index contributed by atoms with van der Waals surface area (Å²) in [7, 11) is -3.21. The summed E-state index contributed by atoms with van der Waals surface area (Å²) in [6.07, 6.45) is 3.62. The summed E-state index contributed by atoms with van der Waals surface area (Å²) >= 11 is 5.90. The molecule has 2 aromatic carbocycles. The number of anilines is 2. The van der Waals surface area contributed by atoms with Crippen LogP contribution in [0.1, 0.15) is 27.2 Å². The van der Waals surface area contributed by atoms with Crippen molar-refractivity contribution in [3.63, 3.8) is 0 Å². The number of aromatic nitrogens is 2. The molecule has 34 heavy (non-hydrogen) atoms. The number of sulfonamides is 1. The fourth-order valence-electron chi connectivity index (χ4n) is 3.70. The molecule has 1 aliphatic rings. The highest BCUT2D eigenvalue weighted by atomic mass is 35.5. The predicted molar refractivity (Wildman–Crippen MR) is 132 cm³/mol. The molecule has 184 valence electrons. The van der Waals surface area contributed by atoms with Crippen molar-refractivity contribution < 1.29 is 22.3 Å². The number of piperidine rings is 1. The number of hydrogen-bond donors (Lipinski definition) is 1. The molecule has 1 N–H and O–H groups in total. The second-order valence-electron chi connectivity index (χ2n) is 7.70. The van der Waals surface area contributed by atoms with E-state index in [1.165, 1.54) is 29.0 Å². The SMILES string of the molecule is C.CCOc1cc2ncnc(Nc3ccc(F)c(Cl)c3)c2cc1OC1CCN(S(C)(=O)=O)CC1. The van der Waals surface area contributed by atoms with Crippen LogP contribution in [0.25, 0.3) is 10.9 Å². The lowest BCUT2D eigenvalue weighted by Crippen LogP contribution is -2.41. The van der Waals surface area contributed by atoms with E-state index < -0.39 is 15.8 Å². The lowest BCUT2D eigenvalue weighted by molar-refractivity contribution is 0.130.